The van der Waals surface area contributed by atoms with Crippen molar-refractivity contribution in [1.82, 2.24) is 19.9 Å². The summed E-state index contributed by atoms with van der Waals surface area (Å²) in [6.07, 6.45) is 8.53. The molecule has 38 heavy (non-hydrogen) atoms. The Balaban J connectivity index is 1.28. The van der Waals surface area contributed by atoms with Crippen molar-refractivity contribution in [2.45, 2.75) is 71.4 Å². The molecule has 1 aromatic carbocycles. The normalized spacial score (nSPS) is 18.0. The molecule has 8 nitrogen and oxygen atoms in total. The molecule has 0 N–H and O–H groups in total. The number of fused-ring (bicyclic) bond motifs is 2. The molecule has 3 aromatic rings. The minimum atomic E-state index is 0.155. The topological polar surface area (TPSA) is 80.9 Å². The van der Waals surface area contributed by atoms with Crippen molar-refractivity contribution in [3.8, 4) is 17.4 Å². The summed E-state index contributed by atoms with van der Waals surface area (Å²) in [5.41, 5.74) is 2.79. The zero-order chi connectivity index (χ0) is 26.3. The van der Waals surface area contributed by atoms with Gasteiger partial charge in [-0.25, -0.2) is 4.98 Å². The van der Waals surface area contributed by atoms with Crippen molar-refractivity contribution in [3.63, 3.8) is 0 Å². The van der Waals surface area contributed by atoms with Gasteiger partial charge in [0.15, 0.2) is 11.5 Å². The van der Waals surface area contributed by atoms with Crippen LogP contribution < -0.4 is 9.47 Å². The summed E-state index contributed by atoms with van der Waals surface area (Å²) in [6, 6.07) is 12.3. The number of carbonyl (C=O) groups excluding carboxylic acids is 1. The van der Waals surface area contributed by atoms with E-state index < -0.39 is 0 Å². The number of nitrogens with zero attached hydrogens (tertiary/aromatic N) is 4. The first-order valence-electron chi connectivity index (χ1n) is 13.9. The summed E-state index contributed by atoms with van der Waals surface area (Å²) in [7, 11) is 0. The highest BCUT2D eigenvalue weighted by atomic mass is 16.5. The number of likely N-dealkylation sites (tertiary alicyclic amines) is 1. The summed E-state index contributed by atoms with van der Waals surface area (Å²) in [4.78, 5) is 22.2. The molecule has 8 heteroatoms. The smallest absolute Gasteiger partial charge is 0.227 e. The van der Waals surface area contributed by atoms with E-state index in [1.54, 1.807) is 6.20 Å². The van der Waals surface area contributed by atoms with E-state index in [0.29, 0.717) is 30.7 Å². The van der Waals surface area contributed by atoms with Crippen LogP contribution in [0.4, 0.5) is 0 Å². The van der Waals surface area contributed by atoms with Crippen molar-refractivity contribution in [1.29, 1.82) is 0 Å². The number of amides is 1. The van der Waals surface area contributed by atoms with E-state index in [0.717, 1.165) is 86.6 Å². The van der Waals surface area contributed by atoms with E-state index >= 15 is 0 Å². The fourth-order valence-electron chi connectivity index (χ4n) is 5.45. The number of carbonyl (C=O) groups is 1. The fourth-order valence-corrected chi connectivity index (χ4v) is 5.45. The third kappa shape index (κ3) is 6.35. The van der Waals surface area contributed by atoms with Gasteiger partial charge in [0.25, 0.3) is 0 Å². The van der Waals surface area contributed by atoms with E-state index in [1.807, 2.05) is 49.1 Å². The molecule has 2 aromatic heterocycles. The summed E-state index contributed by atoms with van der Waals surface area (Å²) >= 11 is 0. The second kappa shape index (κ2) is 12.4. The second-order valence-corrected chi connectivity index (χ2v) is 10.3. The molecule has 1 fully saturated rings. The van der Waals surface area contributed by atoms with Gasteiger partial charge < -0.3 is 18.9 Å². The molecule has 0 atom stereocenters. The van der Waals surface area contributed by atoms with Gasteiger partial charge in [0.1, 0.15) is 5.76 Å². The standard InChI is InChI=1S/C30H38N4O4/c1-22-26(23(2)38-32-22)20-29(35)33-17-13-25(14-18-33)34-16-7-3-4-8-19-36-27-11-5-6-12-28(27)37-30-24(21-34)10-9-15-31-30/h5-6,9-12,15,25H,3-4,7-8,13-14,16-21H2,1-2H3. The largest absolute Gasteiger partial charge is 0.490 e. The predicted octanol–water partition coefficient (Wildman–Crippen LogP) is 5.47. The number of hydrogen-bond acceptors (Lipinski definition) is 7. The summed E-state index contributed by atoms with van der Waals surface area (Å²) in [6.45, 7) is 7.77. The van der Waals surface area contributed by atoms with Crippen LogP contribution in [0.3, 0.4) is 0 Å². The molecule has 1 saturated heterocycles. The van der Waals surface area contributed by atoms with Crippen molar-refractivity contribution in [2.75, 3.05) is 26.2 Å². The molecular formula is C30H38N4O4. The van der Waals surface area contributed by atoms with E-state index in [9.17, 15) is 4.79 Å². The highest BCUT2D eigenvalue weighted by molar-refractivity contribution is 5.79. The minimum absolute atomic E-state index is 0.155. The van der Waals surface area contributed by atoms with Crippen LogP contribution in [0, 0.1) is 13.8 Å². The molecule has 1 amide bonds. The van der Waals surface area contributed by atoms with Gasteiger partial charge in [0.2, 0.25) is 11.8 Å². The highest BCUT2D eigenvalue weighted by Gasteiger charge is 2.28. The number of piperidine rings is 1. The quantitative estimate of drug-likeness (QED) is 0.455. The van der Waals surface area contributed by atoms with Crippen LogP contribution in [0.2, 0.25) is 0 Å². The molecule has 2 aliphatic rings. The summed E-state index contributed by atoms with van der Waals surface area (Å²) in [5.74, 6) is 2.97. The van der Waals surface area contributed by atoms with Gasteiger partial charge in [-0.05, 0) is 64.3 Å². The zero-order valence-electron chi connectivity index (χ0n) is 22.5. The number of para-hydroxylation sites is 2. The Kier molecular flexibility index (Phi) is 8.58. The molecular weight excluding hydrogens is 480 g/mol. The van der Waals surface area contributed by atoms with Gasteiger partial charge >= 0.3 is 0 Å². The maximum Gasteiger partial charge on any atom is 0.227 e. The first-order chi connectivity index (χ1) is 18.6. The van der Waals surface area contributed by atoms with Crippen LogP contribution in [-0.4, -0.2) is 58.1 Å². The number of ether oxygens (including phenoxy) is 2. The van der Waals surface area contributed by atoms with E-state index in [2.05, 4.69) is 21.1 Å². The lowest BCUT2D eigenvalue weighted by molar-refractivity contribution is -0.132. The van der Waals surface area contributed by atoms with E-state index in [4.69, 9.17) is 14.0 Å². The van der Waals surface area contributed by atoms with Crippen LogP contribution in [0.15, 0.2) is 47.1 Å². The molecule has 0 spiro atoms. The molecule has 0 radical (unpaired) electrons. The average molecular weight is 519 g/mol. The van der Waals surface area contributed by atoms with Crippen LogP contribution in [0.25, 0.3) is 0 Å². The Labute approximate surface area is 224 Å². The zero-order valence-corrected chi connectivity index (χ0v) is 22.5. The van der Waals surface area contributed by atoms with Crippen LogP contribution in [-0.2, 0) is 17.8 Å². The van der Waals surface area contributed by atoms with Crippen molar-refractivity contribution < 1.29 is 18.8 Å². The molecule has 202 valence electrons. The monoisotopic (exact) mass is 518 g/mol. The van der Waals surface area contributed by atoms with Gasteiger partial charge in [-0.3, -0.25) is 9.69 Å². The Morgan fingerprint density at radius 1 is 0.974 bits per heavy atom. The molecule has 4 heterocycles. The first-order valence-corrected chi connectivity index (χ1v) is 13.9. The van der Waals surface area contributed by atoms with Crippen LogP contribution in [0.5, 0.6) is 17.4 Å². The van der Waals surface area contributed by atoms with E-state index in [-0.39, 0.29) is 5.91 Å². The number of pyridine rings is 1. The van der Waals surface area contributed by atoms with Crippen LogP contribution in [0.1, 0.15) is 61.1 Å². The van der Waals surface area contributed by atoms with Gasteiger partial charge in [-0.1, -0.05) is 36.2 Å². The SMILES string of the molecule is Cc1noc(C)c1CC(=O)N1CCC(N2CCCCCCOc3ccccc3Oc3ncccc3C2)CC1. The van der Waals surface area contributed by atoms with Gasteiger partial charge in [0.05, 0.1) is 18.7 Å². The Hall–Kier alpha value is -3.39. The Morgan fingerprint density at radius 2 is 1.76 bits per heavy atom. The number of hydrogen-bond donors (Lipinski definition) is 0. The lowest BCUT2D eigenvalue weighted by Gasteiger charge is -2.39. The maximum atomic E-state index is 13.0. The van der Waals surface area contributed by atoms with Crippen molar-refractivity contribution in [3.05, 3.63) is 65.2 Å². The molecule has 0 saturated carbocycles. The van der Waals surface area contributed by atoms with Crippen molar-refractivity contribution >= 4 is 5.91 Å². The third-order valence-corrected chi connectivity index (χ3v) is 7.72. The highest BCUT2D eigenvalue weighted by Crippen LogP contribution is 2.33. The maximum absolute atomic E-state index is 13.0. The average Bonchev–Trinajstić information content (AvgIpc) is 3.25. The molecule has 0 aliphatic carbocycles. The second-order valence-electron chi connectivity index (χ2n) is 10.3. The fraction of sp³-hybridized carbons (Fsp3) is 0.500. The van der Waals surface area contributed by atoms with Crippen LogP contribution >= 0.6 is 0 Å². The number of rotatable bonds is 3. The predicted molar refractivity (Wildman–Crippen MR) is 144 cm³/mol. The van der Waals surface area contributed by atoms with E-state index in [1.165, 1.54) is 6.42 Å². The number of aromatic nitrogens is 2. The van der Waals surface area contributed by atoms with Crippen molar-refractivity contribution in [2.24, 2.45) is 0 Å². The molecule has 0 bridgehead atoms. The summed E-state index contributed by atoms with van der Waals surface area (Å²) in [5, 5.41) is 4.00. The summed E-state index contributed by atoms with van der Waals surface area (Å²) < 4.78 is 17.6. The lowest BCUT2D eigenvalue weighted by Crippen LogP contribution is -2.47. The minimum Gasteiger partial charge on any atom is -0.490 e. The first kappa shape index (κ1) is 26.2. The lowest BCUT2D eigenvalue weighted by atomic mass is 10.0. The molecule has 5 rings (SSSR count). The number of aryl methyl sites for hydroxylation is 2. The van der Waals surface area contributed by atoms with Gasteiger partial charge in [-0.15, -0.1) is 0 Å². The molecule has 2 aliphatic heterocycles. The number of benzene rings is 1. The Bertz CT molecular complexity index is 1200. The molecule has 0 unspecified atom stereocenters. The Morgan fingerprint density at radius 3 is 2.55 bits per heavy atom. The van der Waals surface area contributed by atoms with Gasteiger partial charge in [0, 0.05) is 43.0 Å². The van der Waals surface area contributed by atoms with Gasteiger partial charge in [-0.2, -0.15) is 0 Å². The third-order valence-electron chi connectivity index (χ3n) is 7.72.